The van der Waals surface area contributed by atoms with Crippen molar-refractivity contribution in [2.45, 2.75) is 25.8 Å². The van der Waals surface area contributed by atoms with Gasteiger partial charge in [0, 0.05) is 13.0 Å². The SMILES string of the molecule is COc1cc(CNC(=O)CC(C)c2ccc(F)cc2)ccc1O. The van der Waals surface area contributed by atoms with Gasteiger partial charge < -0.3 is 15.2 Å². The van der Waals surface area contributed by atoms with Crippen molar-refractivity contribution < 1.29 is 19.0 Å². The number of hydrogen-bond acceptors (Lipinski definition) is 3. The van der Waals surface area contributed by atoms with E-state index in [2.05, 4.69) is 5.32 Å². The first kappa shape index (κ1) is 16.8. The fourth-order valence-corrected chi connectivity index (χ4v) is 2.29. The molecule has 2 aromatic carbocycles. The Morgan fingerprint density at radius 3 is 2.61 bits per heavy atom. The Morgan fingerprint density at radius 1 is 1.26 bits per heavy atom. The fraction of sp³-hybridized carbons (Fsp3) is 0.278. The number of phenols is 1. The van der Waals surface area contributed by atoms with Gasteiger partial charge in [-0.15, -0.1) is 0 Å². The summed E-state index contributed by atoms with van der Waals surface area (Å²) < 4.78 is 17.9. The number of nitrogens with one attached hydrogen (secondary N) is 1. The molecule has 1 amide bonds. The summed E-state index contributed by atoms with van der Waals surface area (Å²) in [7, 11) is 1.47. The van der Waals surface area contributed by atoms with Crippen LogP contribution in [-0.4, -0.2) is 18.1 Å². The van der Waals surface area contributed by atoms with Crippen LogP contribution >= 0.6 is 0 Å². The minimum Gasteiger partial charge on any atom is -0.504 e. The molecule has 5 heteroatoms. The quantitative estimate of drug-likeness (QED) is 0.859. The summed E-state index contributed by atoms with van der Waals surface area (Å²) in [5.74, 6) is 0.0643. The Balaban J connectivity index is 1.88. The standard InChI is InChI=1S/C18H20FNO3/c1-12(14-4-6-15(19)7-5-14)9-18(22)20-11-13-3-8-16(21)17(10-13)23-2/h3-8,10,12,21H,9,11H2,1-2H3,(H,20,22). The van der Waals surface area contributed by atoms with Gasteiger partial charge in [-0.3, -0.25) is 4.79 Å². The van der Waals surface area contributed by atoms with E-state index in [1.165, 1.54) is 25.3 Å². The third kappa shape index (κ3) is 4.71. The number of ether oxygens (including phenoxy) is 1. The van der Waals surface area contributed by atoms with Gasteiger partial charge >= 0.3 is 0 Å². The molecule has 0 heterocycles. The summed E-state index contributed by atoms with van der Waals surface area (Å²) in [4.78, 5) is 12.0. The summed E-state index contributed by atoms with van der Waals surface area (Å²) in [6.45, 7) is 2.28. The molecule has 1 atom stereocenters. The molecule has 0 aliphatic heterocycles. The van der Waals surface area contributed by atoms with Gasteiger partial charge in [-0.25, -0.2) is 4.39 Å². The van der Waals surface area contributed by atoms with Gasteiger partial charge in [0.2, 0.25) is 5.91 Å². The molecular weight excluding hydrogens is 297 g/mol. The molecule has 0 aliphatic rings. The Labute approximate surface area is 134 Å². The zero-order valence-corrected chi connectivity index (χ0v) is 13.2. The van der Waals surface area contributed by atoms with Gasteiger partial charge in [0.05, 0.1) is 7.11 Å². The average molecular weight is 317 g/mol. The lowest BCUT2D eigenvalue weighted by molar-refractivity contribution is -0.121. The number of methoxy groups -OCH3 is 1. The van der Waals surface area contributed by atoms with Crippen molar-refractivity contribution in [2.24, 2.45) is 0 Å². The number of hydrogen-bond donors (Lipinski definition) is 2. The number of carbonyl (C=O) groups is 1. The van der Waals surface area contributed by atoms with E-state index in [4.69, 9.17) is 4.74 Å². The van der Waals surface area contributed by atoms with E-state index < -0.39 is 0 Å². The summed E-state index contributed by atoms with van der Waals surface area (Å²) in [6, 6.07) is 11.1. The number of phenolic OH excluding ortho intramolecular Hbond substituents is 1. The highest BCUT2D eigenvalue weighted by Crippen LogP contribution is 2.26. The number of benzene rings is 2. The number of halogens is 1. The highest BCUT2D eigenvalue weighted by Gasteiger charge is 2.11. The zero-order valence-electron chi connectivity index (χ0n) is 13.2. The van der Waals surface area contributed by atoms with Crippen LogP contribution in [0.5, 0.6) is 11.5 Å². The first-order valence-electron chi connectivity index (χ1n) is 7.37. The first-order valence-corrected chi connectivity index (χ1v) is 7.37. The van der Waals surface area contributed by atoms with Crippen molar-refractivity contribution in [1.29, 1.82) is 0 Å². The molecule has 0 radical (unpaired) electrons. The predicted molar refractivity (Wildman–Crippen MR) is 85.9 cm³/mol. The maximum absolute atomic E-state index is 12.9. The van der Waals surface area contributed by atoms with Crippen molar-refractivity contribution in [3.8, 4) is 11.5 Å². The molecule has 23 heavy (non-hydrogen) atoms. The van der Waals surface area contributed by atoms with Crippen LogP contribution in [0.1, 0.15) is 30.4 Å². The molecule has 0 aromatic heterocycles. The maximum atomic E-state index is 12.9. The minimum atomic E-state index is -0.285. The van der Waals surface area contributed by atoms with Crippen LogP contribution in [0.15, 0.2) is 42.5 Å². The molecule has 2 aromatic rings. The summed E-state index contributed by atoms with van der Waals surface area (Å²) in [6.07, 6.45) is 0.320. The Hall–Kier alpha value is -2.56. The lowest BCUT2D eigenvalue weighted by atomic mass is 9.97. The van der Waals surface area contributed by atoms with Crippen molar-refractivity contribution in [3.63, 3.8) is 0 Å². The van der Waals surface area contributed by atoms with E-state index in [-0.39, 0.29) is 23.4 Å². The largest absolute Gasteiger partial charge is 0.504 e. The van der Waals surface area contributed by atoms with Gasteiger partial charge in [-0.1, -0.05) is 25.1 Å². The molecule has 122 valence electrons. The third-order valence-corrected chi connectivity index (χ3v) is 3.66. The number of amides is 1. The highest BCUT2D eigenvalue weighted by atomic mass is 19.1. The molecule has 0 saturated carbocycles. The van der Waals surface area contributed by atoms with Crippen LogP contribution in [-0.2, 0) is 11.3 Å². The Bertz CT molecular complexity index is 670. The van der Waals surface area contributed by atoms with E-state index in [1.807, 2.05) is 6.92 Å². The van der Waals surface area contributed by atoms with Gasteiger partial charge in [-0.05, 0) is 41.3 Å². The van der Waals surface area contributed by atoms with E-state index in [9.17, 15) is 14.3 Å². The number of rotatable bonds is 6. The first-order chi connectivity index (χ1) is 11.0. The lowest BCUT2D eigenvalue weighted by Gasteiger charge is -2.12. The molecular formula is C18H20FNO3. The Morgan fingerprint density at radius 2 is 1.96 bits per heavy atom. The van der Waals surface area contributed by atoms with Gasteiger partial charge in [0.15, 0.2) is 11.5 Å². The second-order valence-electron chi connectivity index (χ2n) is 5.44. The van der Waals surface area contributed by atoms with E-state index in [0.29, 0.717) is 18.7 Å². The average Bonchev–Trinajstić information content (AvgIpc) is 2.54. The molecule has 0 spiro atoms. The molecule has 0 saturated heterocycles. The minimum absolute atomic E-state index is 0.00459. The molecule has 4 nitrogen and oxygen atoms in total. The van der Waals surface area contributed by atoms with Gasteiger partial charge in [-0.2, -0.15) is 0 Å². The smallest absolute Gasteiger partial charge is 0.220 e. The molecule has 0 fully saturated rings. The number of aromatic hydroxyl groups is 1. The lowest BCUT2D eigenvalue weighted by Crippen LogP contribution is -2.24. The third-order valence-electron chi connectivity index (χ3n) is 3.66. The van der Waals surface area contributed by atoms with E-state index >= 15 is 0 Å². The summed E-state index contributed by atoms with van der Waals surface area (Å²) >= 11 is 0. The van der Waals surface area contributed by atoms with Crippen molar-refractivity contribution in [1.82, 2.24) is 5.32 Å². The Kier molecular flexibility index (Phi) is 5.57. The number of carbonyl (C=O) groups excluding carboxylic acids is 1. The van der Waals surface area contributed by atoms with Crippen LogP contribution in [0.4, 0.5) is 4.39 Å². The van der Waals surface area contributed by atoms with Crippen LogP contribution in [0.25, 0.3) is 0 Å². The monoisotopic (exact) mass is 317 g/mol. The molecule has 2 rings (SSSR count). The fourth-order valence-electron chi connectivity index (χ4n) is 2.29. The maximum Gasteiger partial charge on any atom is 0.220 e. The van der Waals surface area contributed by atoms with Crippen molar-refractivity contribution in [2.75, 3.05) is 7.11 Å². The van der Waals surface area contributed by atoms with Crippen LogP contribution in [0, 0.1) is 5.82 Å². The second-order valence-corrected chi connectivity index (χ2v) is 5.44. The predicted octanol–water partition coefficient (Wildman–Crippen LogP) is 3.35. The highest BCUT2D eigenvalue weighted by molar-refractivity contribution is 5.76. The second kappa shape index (κ2) is 7.63. The normalized spacial score (nSPS) is 11.8. The molecule has 0 aliphatic carbocycles. The van der Waals surface area contributed by atoms with E-state index in [0.717, 1.165) is 11.1 Å². The summed E-state index contributed by atoms with van der Waals surface area (Å²) in [5.41, 5.74) is 1.76. The molecule has 2 N–H and O–H groups in total. The van der Waals surface area contributed by atoms with Gasteiger partial charge in [0.25, 0.3) is 0 Å². The van der Waals surface area contributed by atoms with Crippen LogP contribution in [0.2, 0.25) is 0 Å². The van der Waals surface area contributed by atoms with E-state index in [1.54, 1.807) is 24.3 Å². The summed E-state index contributed by atoms with van der Waals surface area (Å²) in [5, 5.41) is 12.4. The molecule has 0 bridgehead atoms. The van der Waals surface area contributed by atoms with Crippen LogP contribution < -0.4 is 10.1 Å². The molecule has 1 unspecified atom stereocenters. The van der Waals surface area contributed by atoms with Crippen molar-refractivity contribution in [3.05, 3.63) is 59.4 Å². The van der Waals surface area contributed by atoms with Crippen LogP contribution in [0.3, 0.4) is 0 Å². The van der Waals surface area contributed by atoms with Crippen molar-refractivity contribution >= 4 is 5.91 Å². The topological polar surface area (TPSA) is 58.6 Å². The zero-order chi connectivity index (χ0) is 16.8. The van der Waals surface area contributed by atoms with Gasteiger partial charge in [0.1, 0.15) is 5.82 Å².